The molecule has 3 heterocycles. The van der Waals surface area contributed by atoms with E-state index >= 15 is 0 Å². The third-order valence-electron chi connectivity index (χ3n) is 7.16. The Morgan fingerprint density at radius 2 is 1.60 bits per heavy atom. The summed E-state index contributed by atoms with van der Waals surface area (Å²) in [4.78, 5) is 54.4. The van der Waals surface area contributed by atoms with E-state index in [0.717, 1.165) is 39.7 Å². The molecule has 3 amide bonds. The van der Waals surface area contributed by atoms with Crippen LogP contribution in [-0.2, 0) is 27.1 Å². The summed E-state index contributed by atoms with van der Waals surface area (Å²) in [5.74, 6) is -4.68. The zero-order chi connectivity index (χ0) is 30.6. The maximum Gasteiger partial charge on any atom is 0.418 e. The fraction of sp³-hybridized carbons (Fsp3) is 0.172. The Morgan fingerprint density at radius 3 is 2.28 bits per heavy atom. The molecule has 0 spiro atoms. The number of carbonyl (C=O) groups is 3. The molecule has 0 radical (unpaired) electrons. The van der Waals surface area contributed by atoms with Crippen LogP contribution in [0.1, 0.15) is 21.9 Å². The maximum absolute atomic E-state index is 13.9. The molecule has 0 bridgehead atoms. The van der Waals surface area contributed by atoms with Crippen LogP contribution in [0.5, 0.6) is 0 Å². The predicted molar refractivity (Wildman–Crippen MR) is 157 cm³/mol. The summed E-state index contributed by atoms with van der Waals surface area (Å²) in [7, 11) is 0. The minimum Gasteiger partial charge on any atom is -0.325 e. The molecule has 4 aromatic rings. The van der Waals surface area contributed by atoms with E-state index in [9.17, 15) is 36.7 Å². The van der Waals surface area contributed by atoms with Gasteiger partial charge in [0.05, 0.1) is 22.2 Å². The first-order valence-corrected chi connectivity index (χ1v) is 15.2. The second kappa shape index (κ2) is 11.1. The van der Waals surface area contributed by atoms with Crippen molar-refractivity contribution in [2.75, 3.05) is 10.2 Å². The maximum atomic E-state index is 13.9. The molecule has 1 saturated heterocycles. The van der Waals surface area contributed by atoms with Gasteiger partial charge in [-0.25, -0.2) is 9.29 Å². The molecular weight excluding hydrogens is 674 g/mol. The van der Waals surface area contributed by atoms with Gasteiger partial charge in [0.2, 0.25) is 17.7 Å². The number of para-hydroxylation sites is 1. The first kappa shape index (κ1) is 29.3. The fourth-order valence-corrected chi connectivity index (χ4v) is 8.35. The lowest BCUT2D eigenvalue weighted by Gasteiger charge is -2.30. The number of thiazole rings is 1. The number of rotatable bonds is 5. The van der Waals surface area contributed by atoms with E-state index < -0.39 is 69.5 Å². The zero-order valence-electron chi connectivity index (χ0n) is 21.6. The topological polar surface area (TPSA) is 88.5 Å². The Morgan fingerprint density at radius 1 is 0.930 bits per heavy atom. The van der Waals surface area contributed by atoms with Crippen molar-refractivity contribution in [1.29, 1.82) is 0 Å². The molecule has 2 aliphatic rings. The average molecular weight is 693 g/mol. The van der Waals surface area contributed by atoms with Gasteiger partial charge in [0.25, 0.3) is 0 Å². The van der Waals surface area contributed by atoms with Gasteiger partial charge in [0, 0.05) is 21.0 Å². The molecule has 2 aliphatic heterocycles. The Kier molecular flexibility index (Phi) is 7.55. The molecule has 6 rings (SSSR count). The lowest BCUT2D eigenvalue weighted by molar-refractivity contribution is -0.137. The molecule has 1 aromatic heterocycles. The zero-order valence-corrected chi connectivity index (χ0v) is 24.8. The molecule has 7 nitrogen and oxygen atoms in total. The van der Waals surface area contributed by atoms with Crippen LogP contribution >= 0.6 is 39.0 Å². The van der Waals surface area contributed by atoms with Crippen molar-refractivity contribution < 1.29 is 31.9 Å². The summed E-state index contributed by atoms with van der Waals surface area (Å²) in [6.07, 6.45) is -4.82. The van der Waals surface area contributed by atoms with Crippen molar-refractivity contribution in [2.24, 2.45) is 5.92 Å². The largest absolute Gasteiger partial charge is 0.418 e. The number of nitrogens with one attached hydrogen (secondary N) is 1. The van der Waals surface area contributed by atoms with Crippen molar-refractivity contribution in [3.8, 4) is 0 Å². The molecule has 3 aromatic carbocycles. The summed E-state index contributed by atoms with van der Waals surface area (Å²) < 4.78 is 56.9. The number of amides is 3. The van der Waals surface area contributed by atoms with Gasteiger partial charge in [-0.2, -0.15) is 13.2 Å². The van der Waals surface area contributed by atoms with E-state index in [4.69, 9.17) is 0 Å². The van der Waals surface area contributed by atoms with E-state index in [1.165, 1.54) is 41.0 Å². The van der Waals surface area contributed by atoms with Crippen molar-refractivity contribution >= 4 is 68.1 Å². The average Bonchev–Trinajstić information content (AvgIpc) is 3.40. The summed E-state index contributed by atoms with van der Waals surface area (Å²) in [6.45, 7) is -0.442. The standard InChI is InChI=1S/C29H18BrF4N3O4S2/c30-15-7-5-14(6-8-15)21-22-23(26(40)37(25(22)39)19-4-2-1-3-18(19)29(32,33)34)42-27-24(21)43-28(41)36(27)13-20(38)35-17-11-9-16(31)10-12-17/h1-12,21-23H,13H2,(H,35,38)/t21-,22?,23?/m1/s1. The highest BCUT2D eigenvalue weighted by molar-refractivity contribution is 9.10. The molecule has 3 atom stereocenters. The number of carbonyl (C=O) groups excluding carboxylic acids is 3. The van der Waals surface area contributed by atoms with Gasteiger partial charge in [-0.3, -0.25) is 23.7 Å². The number of imide groups is 1. The molecule has 0 aliphatic carbocycles. The van der Waals surface area contributed by atoms with E-state index in [1.54, 1.807) is 24.3 Å². The summed E-state index contributed by atoms with van der Waals surface area (Å²) in [5.41, 5.74) is -0.797. The molecule has 220 valence electrons. The number of aromatic nitrogens is 1. The first-order chi connectivity index (χ1) is 20.4. The van der Waals surface area contributed by atoms with E-state index in [0.29, 0.717) is 21.0 Å². The lowest BCUT2D eigenvalue weighted by atomic mass is 9.83. The Balaban J connectivity index is 1.43. The first-order valence-electron chi connectivity index (χ1n) is 12.7. The number of hydrogen-bond acceptors (Lipinski definition) is 6. The number of anilines is 2. The minimum atomic E-state index is -4.82. The number of hydrogen-bond donors (Lipinski definition) is 1. The van der Waals surface area contributed by atoms with E-state index in [-0.39, 0.29) is 5.03 Å². The van der Waals surface area contributed by atoms with Crippen LogP contribution in [0.3, 0.4) is 0 Å². The number of benzene rings is 3. The lowest BCUT2D eigenvalue weighted by Crippen LogP contribution is -2.33. The molecule has 1 fully saturated rings. The van der Waals surface area contributed by atoms with Gasteiger partial charge in [0.1, 0.15) is 17.6 Å². The highest BCUT2D eigenvalue weighted by Crippen LogP contribution is 2.54. The van der Waals surface area contributed by atoms with Gasteiger partial charge in [-0.15, -0.1) is 0 Å². The normalized spacial score (nSPS) is 19.7. The Hall–Kier alpha value is -3.75. The van der Waals surface area contributed by atoms with Gasteiger partial charge in [-0.05, 0) is 54.1 Å². The van der Waals surface area contributed by atoms with E-state index in [2.05, 4.69) is 21.2 Å². The van der Waals surface area contributed by atoms with Crippen LogP contribution in [0.2, 0.25) is 0 Å². The number of halogens is 5. The van der Waals surface area contributed by atoms with Gasteiger partial charge in [0.15, 0.2) is 0 Å². The Labute approximate surface area is 257 Å². The van der Waals surface area contributed by atoms with Gasteiger partial charge < -0.3 is 5.32 Å². The second-order valence-corrected chi connectivity index (χ2v) is 12.8. The monoisotopic (exact) mass is 691 g/mol. The number of thioether (sulfide) groups is 1. The summed E-state index contributed by atoms with van der Waals surface area (Å²) in [6, 6.07) is 16.3. The molecule has 1 N–H and O–H groups in total. The SMILES string of the molecule is O=C(Cn1c2c(sc1=O)[C@H](c1ccc(Br)cc1)C1C(=O)N(c3ccccc3C(F)(F)F)C(=O)C1S2)Nc1ccc(F)cc1. The quantitative estimate of drug-likeness (QED) is 0.197. The summed E-state index contributed by atoms with van der Waals surface area (Å²) >= 11 is 5.07. The van der Waals surface area contributed by atoms with Crippen molar-refractivity contribution in [1.82, 2.24) is 4.57 Å². The fourth-order valence-electron chi connectivity index (χ4n) is 5.31. The van der Waals surface area contributed by atoms with E-state index in [1.807, 2.05) is 0 Å². The van der Waals surface area contributed by atoms with Gasteiger partial charge in [-0.1, -0.05) is 63.3 Å². The van der Waals surface area contributed by atoms with Crippen molar-refractivity contribution in [3.05, 3.63) is 109 Å². The highest BCUT2D eigenvalue weighted by Gasteiger charge is 2.57. The molecular formula is C29H18BrF4N3O4S2. The van der Waals surface area contributed by atoms with Crippen LogP contribution in [0, 0.1) is 11.7 Å². The third-order valence-corrected chi connectivity index (χ3v) is 10.3. The number of alkyl halides is 3. The highest BCUT2D eigenvalue weighted by atomic mass is 79.9. The van der Waals surface area contributed by atoms with Crippen molar-refractivity contribution in [3.63, 3.8) is 0 Å². The van der Waals surface area contributed by atoms with Crippen LogP contribution in [0.15, 0.2) is 87.1 Å². The number of fused-ring (bicyclic) bond motifs is 2. The van der Waals surface area contributed by atoms with Crippen LogP contribution in [0.4, 0.5) is 28.9 Å². The van der Waals surface area contributed by atoms with Crippen molar-refractivity contribution in [2.45, 2.75) is 28.9 Å². The molecule has 43 heavy (non-hydrogen) atoms. The predicted octanol–water partition coefficient (Wildman–Crippen LogP) is 6.26. The van der Waals surface area contributed by atoms with Crippen LogP contribution in [0.25, 0.3) is 0 Å². The molecule has 14 heteroatoms. The Bertz CT molecular complexity index is 1820. The third kappa shape index (κ3) is 5.31. The molecule has 2 unspecified atom stereocenters. The number of nitrogens with zero attached hydrogens (tertiary/aromatic N) is 2. The smallest absolute Gasteiger partial charge is 0.325 e. The van der Waals surface area contributed by atoms with Crippen LogP contribution in [-0.4, -0.2) is 27.5 Å². The van der Waals surface area contributed by atoms with Crippen LogP contribution < -0.4 is 15.1 Å². The second-order valence-electron chi connectivity index (χ2n) is 9.80. The minimum absolute atomic E-state index is 0.283. The van der Waals surface area contributed by atoms with Gasteiger partial charge >= 0.3 is 11.0 Å². The summed E-state index contributed by atoms with van der Waals surface area (Å²) in [5, 5.41) is 1.72. The molecule has 0 saturated carbocycles.